The lowest BCUT2D eigenvalue weighted by atomic mass is 10.2. The van der Waals surface area contributed by atoms with Gasteiger partial charge in [-0.3, -0.25) is 15.6 Å². The van der Waals surface area contributed by atoms with Gasteiger partial charge in [0.15, 0.2) is 11.6 Å². The van der Waals surface area contributed by atoms with Crippen LogP contribution in [0.25, 0.3) is 0 Å². The minimum atomic E-state index is -0.343. The number of nitrogens with two attached hydrogens (primary N) is 1. The molecule has 31 heavy (non-hydrogen) atoms. The maximum atomic E-state index is 13.2. The molecule has 10 heteroatoms. The van der Waals surface area contributed by atoms with E-state index < -0.39 is 0 Å². The number of nitrogen functional groups attached to an aromatic ring is 1. The molecule has 0 radical (unpaired) electrons. The number of carbonyl (C=O) groups is 1. The van der Waals surface area contributed by atoms with Crippen molar-refractivity contribution in [2.24, 2.45) is 0 Å². The zero-order valence-corrected chi connectivity index (χ0v) is 17.3. The molecule has 0 unspecified atom stereocenters. The molecule has 0 bridgehead atoms. The Morgan fingerprint density at radius 1 is 0.968 bits per heavy atom. The first-order chi connectivity index (χ1) is 15.0. The highest BCUT2D eigenvalue weighted by molar-refractivity contribution is 6.30. The van der Waals surface area contributed by atoms with Crippen LogP contribution in [-0.2, 0) is 0 Å². The third-order valence-electron chi connectivity index (χ3n) is 5.03. The third kappa shape index (κ3) is 4.77. The van der Waals surface area contributed by atoms with Crippen molar-refractivity contribution in [2.45, 2.75) is 0 Å². The van der Waals surface area contributed by atoms with Crippen molar-refractivity contribution in [3.63, 3.8) is 0 Å². The van der Waals surface area contributed by atoms with Crippen molar-refractivity contribution in [1.29, 1.82) is 0 Å². The molecule has 0 spiro atoms. The van der Waals surface area contributed by atoms with E-state index in [9.17, 15) is 9.18 Å². The van der Waals surface area contributed by atoms with E-state index in [1.165, 1.54) is 18.5 Å². The van der Waals surface area contributed by atoms with Crippen molar-refractivity contribution >= 4 is 40.5 Å². The van der Waals surface area contributed by atoms with Gasteiger partial charge in [0.2, 0.25) is 0 Å². The lowest BCUT2D eigenvalue weighted by molar-refractivity contribution is 0.0962. The van der Waals surface area contributed by atoms with E-state index in [-0.39, 0.29) is 11.7 Å². The summed E-state index contributed by atoms with van der Waals surface area (Å²) in [6, 6.07) is 13.0. The van der Waals surface area contributed by atoms with Crippen LogP contribution in [0.5, 0.6) is 0 Å². The van der Waals surface area contributed by atoms with Crippen molar-refractivity contribution in [3.05, 3.63) is 71.3 Å². The summed E-state index contributed by atoms with van der Waals surface area (Å²) in [5.41, 5.74) is 13.4. The highest BCUT2D eigenvalue weighted by Crippen LogP contribution is 2.27. The number of rotatable bonds is 5. The molecule has 1 aromatic heterocycles. The topological polar surface area (TPSA) is 99.4 Å². The highest BCUT2D eigenvalue weighted by Gasteiger charge is 2.21. The van der Waals surface area contributed by atoms with Gasteiger partial charge in [-0.15, -0.1) is 0 Å². The zero-order chi connectivity index (χ0) is 21.8. The summed E-state index contributed by atoms with van der Waals surface area (Å²) in [6.07, 6.45) is 1.40. The number of hydrazine groups is 1. The molecule has 1 amide bonds. The fraction of sp³-hybridized carbons (Fsp3) is 0.190. The van der Waals surface area contributed by atoms with Gasteiger partial charge in [0.1, 0.15) is 17.8 Å². The van der Waals surface area contributed by atoms with Crippen LogP contribution in [0.2, 0.25) is 5.02 Å². The first-order valence-electron chi connectivity index (χ1n) is 9.69. The Hall–Kier alpha value is -3.59. The Morgan fingerprint density at radius 2 is 1.61 bits per heavy atom. The number of hydrogen-bond donors (Lipinski definition) is 3. The number of nitrogens with zero attached hydrogens (tertiary/aromatic N) is 4. The Bertz CT molecular complexity index is 1050. The SMILES string of the molecule is Nc1c(NNC(=O)c2ccc(Cl)cc2)ncnc1N1CCN(c2ccc(F)cc2)CC1. The number of hydrogen-bond acceptors (Lipinski definition) is 7. The number of halogens is 2. The number of piperazine rings is 1. The highest BCUT2D eigenvalue weighted by atomic mass is 35.5. The van der Waals surface area contributed by atoms with Crippen LogP contribution in [-0.4, -0.2) is 42.1 Å². The zero-order valence-electron chi connectivity index (χ0n) is 16.6. The predicted molar refractivity (Wildman–Crippen MR) is 120 cm³/mol. The number of anilines is 4. The molecular weight excluding hydrogens is 421 g/mol. The summed E-state index contributed by atoms with van der Waals surface area (Å²) in [5.74, 6) is 0.314. The molecule has 8 nitrogen and oxygen atoms in total. The lowest BCUT2D eigenvalue weighted by Gasteiger charge is -2.37. The number of amides is 1. The Labute approximate surface area is 183 Å². The molecule has 1 fully saturated rings. The van der Waals surface area contributed by atoms with Gasteiger partial charge < -0.3 is 15.5 Å². The minimum absolute atomic E-state index is 0.251. The van der Waals surface area contributed by atoms with E-state index in [2.05, 4.69) is 30.6 Å². The normalized spacial score (nSPS) is 13.7. The standard InChI is InChI=1S/C21H21ClFN7O/c22-15-3-1-14(2-4-15)21(31)28-27-19-18(24)20(26-13-25-19)30-11-9-29(10-12-30)17-7-5-16(23)6-8-17/h1-8,13H,9-12,24H2,(H,28,31)(H,25,26,27). The monoisotopic (exact) mass is 441 g/mol. The van der Waals surface area contributed by atoms with Gasteiger partial charge in [-0.2, -0.15) is 0 Å². The number of aromatic nitrogens is 2. The summed E-state index contributed by atoms with van der Waals surface area (Å²) in [7, 11) is 0. The van der Waals surface area contributed by atoms with Gasteiger partial charge in [-0.05, 0) is 48.5 Å². The van der Waals surface area contributed by atoms with Crippen LogP contribution in [0.1, 0.15) is 10.4 Å². The number of nitrogens with one attached hydrogen (secondary N) is 2. The smallest absolute Gasteiger partial charge is 0.269 e. The molecule has 160 valence electrons. The molecule has 1 saturated heterocycles. The van der Waals surface area contributed by atoms with E-state index in [0.717, 1.165) is 18.8 Å². The van der Waals surface area contributed by atoms with Gasteiger partial charge in [-0.25, -0.2) is 14.4 Å². The van der Waals surface area contributed by atoms with Gasteiger partial charge in [0.25, 0.3) is 5.91 Å². The summed E-state index contributed by atoms with van der Waals surface area (Å²) >= 11 is 5.85. The quantitative estimate of drug-likeness (QED) is 0.523. The van der Waals surface area contributed by atoms with E-state index in [0.29, 0.717) is 41.0 Å². The molecule has 1 aliphatic heterocycles. The summed E-state index contributed by atoms with van der Waals surface area (Å²) in [6.45, 7) is 2.86. The molecule has 0 atom stereocenters. The molecule has 4 rings (SSSR count). The summed E-state index contributed by atoms with van der Waals surface area (Å²) in [5, 5.41) is 0.550. The average Bonchev–Trinajstić information content (AvgIpc) is 2.79. The number of benzene rings is 2. The average molecular weight is 442 g/mol. The Balaban J connectivity index is 1.39. The molecule has 4 N–H and O–H groups in total. The fourth-order valence-electron chi connectivity index (χ4n) is 3.36. The van der Waals surface area contributed by atoms with Gasteiger partial charge in [0, 0.05) is 42.5 Å². The molecule has 1 aliphatic rings. The summed E-state index contributed by atoms with van der Waals surface area (Å²) < 4.78 is 13.2. The largest absolute Gasteiger partial charge is 0.393 e. The van der Waals surface area contributed by atoms with Crippen LogP contribution in [0, 0.1) is 5.82 Å². The minimum Gasteiger partial charge on any atom is -0.393 e. The fourth-order valence-corrected chi connectivity index (χ4v) is 3.48. The molecule has 0 saturated carbocycles. The van der Waals surface area contributed by atoms with E-state index in [1.54, 1.807) is 36.4 Å². The van der Waals surface area contributed by atoms with Gasteiger partial charge in [0.05, 0.1) is 0 Å². The molecular formula is C21H21ClFN7O. The van der Waals surface area contributed by atoms with Crippen molar-refractivity contribution in [3.8, 4) is 0 Å². The van der Waals surface area contributed by atoms with Crippen molar-refractivity contribution in [2.75, 3.05) is 47.1 Å². The van der Waals surface area contributed by atoms with Gasteiger partial charge >= 0.3 is 0 Å². The maximum Gasteiger partial charge on any atom is 0.269 e. The Kier molecular flexibility index (Phi) is 6.03. The lowest BCUT2D eigenvalue weighted by Crippen LogP contribution is -2.47. The van der Waals surface area contributed by atoms with E-state index >= 15 is 0 Å². The molecule has 2 aromatic carbocycles. The molecule has 3 aromatic rings. The van der Waals surface area contributed by atoms with Crippen LogP contribution >= 0.6 is 11.6 Å². The van der Waals surface area contributed by atoms with Gasteiger partial charge in [-0.1, -0.05) is 11.6 Å². The number of carbonyl (C=O) groups excluding carboxylic acids is 1. The van der Waals surface area contributed by atoms with Crippen LogP contribution in [0.3, 0.4) is 0 Å². The van der Waals surface area contributed by atoms with E-state index in [4.69, 9.17) is 17.3 Å². The summed E-state index contributed by atoms with van der Waals surface area (Å²) in [4.78, 5) is 25.0. The van der Waals surface area contributed by atoms with Crippen LogP contribution < -0.4 is 26.4 Å². The Morgan fingerprint density at radius 3 is 2.29 bits per heavy atom. The first-order valence-corrected chi connectivity index (χ1v) is 10.1. The van der Waals surface area contributed by atoms with E-state index in [1.807, 2.05) is 0 Å². The van der Waals surface area contributed by atoms with Crippen LogP contribution in [0.15, 0.2) is 54.9 Å². The predicted octanol–water partition coefficient (Wildman–Crippen LogP) is 2.93. The second-order valence-corrected chi connectivity index (χ2v) is 7.43. The van der Waals surface area contributed by atoms with Crippen LogP contribution in [0.4, 0.5) is 27.4 Å². The third-order valence-corrected chi connectivity index (χ3v) is 5.29. The van der Waals surface area contributed by atoms with Crippen molar-refractivity contribution < 1.29 is 9.18 Å². The van der Waals surface area contributed by atoms with Crippen molar-refractivity contribution in [1.82, 2.24) is 15.4 Å². The molecule has 2 heterocycles. The second kappa shape index (κ2) is 9.05. The molecule has 0 aliphatic carbocycles. The first kappa shape index (κ1) is 20.7. The second-order valence-electron chi connectivity index (χ2n) is 7.00. The maximum absolute atomic E-state index is 13.2.